The van der Waals surface area contributed by atoms with Crippen LogP contribution in [0.1, 0.15) is 6.42 Å². The molecule has 0 aliphatic heterocycles. The van der Waals surface area contributed by atoms with Gasteiger partial charge >= 0.3 is 0 Å². The second kappa shape index (κ2) is 7.64. The lowest BCUT2D eigenvalue weighted by Crippen LogP contribution is -2.05. The molecule has 2 N–H and O–H groups in total. The number of benzene rings is 2. The van der Waals surface area contributed by atoms with E-state index in [0.717, 1.165) is 17.9 Å². The van der Waals surface area contributed by atoms with Gasteiger partial charge in [-0.3, -0.25) is 0 Å². The summed E-state index contributed by atoms with van der Waals surface area (Å²) in [6.07, 6.45) is 0.772. The van der Waals surface area contributed by atoms with Gasteiger partial charge in [-0.25, -0.2) is 0 Å². The molecular formula is C16H18ClNO3. The standard InChI is InChI=1S/C16H18ClNO3/c1-19-12-3-5-13(6-4-12)20-9-2-10-21-14-7-8-15(17)16(18)11-14/h3-8,11H,2,9-10,18H2,1H3. The van der Waals surface area contributed by atoms with Crippen molar-refractivity contribution < 1.29 is 14.2 Å². The van der Waals surface area contributed by atoms with Crippen LogP contribution >= 0.6 is 11.6 Å². The van der Waals surface area contributed by atoms with E-state index in [9.17, 15) is 0 Å². The van der Waals surface area contributed by atoms with Gasteiger partial charge in [0.05, 0.1) is 31.0 Å². The molecule has 2 aromatic carbocycles. The summed E-state index contributed by atoms with van der Waals surface area (Å²) in [6.45, 7) is 1.13. The molecule has 5 heteroatoms. The molecule has 0 unspecified atom stereocenters. The maximum absolute atomic E-state index is 5.84. The maximum Gasteiger partial charge on any atom is 0.121 e. The first-order valence-electron chi connectivity index (χ1n) is 6.64. The second-order valence-electron chi connectivity index (χ2n) is 4.41. The van der Waals surface area contributed by atoms with Crippen molar-refractivity contribution in [1.82, 2.24) is 0 Å². The van der Waals surface area contributed by atoms with E-state index in [1.807, 2.05) is 24.3 Å². The fraction of sp³-hybridized carbons (Fsp3) is 0.250. The van der Waals surface area contributed by atoms with E-state index in [1.54, 1.807) is 25.3 Å². The van der Waals surface area contributed by atoms with E-state index in [1.165, 1.54) is 0 Å². The Kier molecular flexibility index (Phi) is 5.58. The van der Waals surface area contributed by atoms with E-state index in [2.05, 4.69) is 0 Å². The number of ether oxygens (including phenoxy) is 3. The third-order valence-corrected chi connectivity index (χ3v) is 3.20. The van der Waals surface area contributed by atoms with Gasteiger partial charge in [-0.05, 0) is 36.4 Å². The first kappa shape index (κ1) is 15.3. The Balaban J connectivity index is 1.68. The van der Waals surface area contributed by atoms with Gasteiger partial charge in [-0.1, -0.05) is 11.6 Å². The molecule has 21 heavy (non-hydrogen) atoms. The minimum atomic E-state index is 0.517. The highest BCUT2D eigenvalue weighted by Gasteiger charge is 2.00. The summed E-state index contributed by atoms with van der Waals surface area (Å²) in [4.78, 5) is 0. The molecule has 0 bridgehead atoms. The van der Waals surface area contributed by atoms with Crippen LogP contribution in [-0.2, 0) is 0 Å². The van der Waals surface area contributed by atoms with Crippen LogP contribution in [0.25, 0.3) is 0 Å². The number of methoxy groups -OCH3 is 1. The summed E-state index contributed by atoms with van der Waals surface area (Å²) >= 11 is 5.84. The highest BCUT2D eigenvalue weighted by atomic mass is 35.5. The molecule has 0 saturated heterocycles. The van der Waals surface area contributed by atoms with Crippen molar-refractivity contribution in [3.63, 3.8) is 0 Å². The monoisotopic (exact) mass is 307 g/mol. The Morgan fingerprint density at radius 1 is 0.905 bits per heavy atom. The van der Waals surface area contributed by atoms with Gasteiger partial charge in [0.25, 0.3) is 0 Å². The second-order valence-corrected chi connectivity index (χ2v) is 4.82. The van der Waals surface area contributed by atoms with E-state index in [4.69, 9.17) is 31.5 Å². The zero-order chi connectivity index (χ0) is 15.1. The Hall–Kier alpha value is -2.07. The topological polar surface area (TPSA) is 53.7 Å². The molecule has 0 atom stereocenters. The predicted molar refractivity (Wildman–Crippen MR) is 84.5 cm³/mol. The molecule has 0 aliphatic carbocycles. The molecule has 0 aliphatic rings. The van der Waals surface area contributed by atoms with Crippen LogP contribution in [0.3, 0.4) is 0 Å². The van der Waals surface area contributed by atoms with Crippen molar-refractivity contribution in [2.24, 2.45) is 0 Å². The Morgan fingerprint density at radius 2 is 1.48 bits per heavy atom. The molecule has 0 radical (unpaired) electrons. The molecule has 0 saturated carbocycles. The number of hydrogen-bond donors (Lipinski definition) is 1. The first-order valence-corrected chi connectivity index (χ1v) is 7.01. The molecule has 2 aromatic rings. The van der Waals surface area contributed by atoms with E-state index >= 15 is 0 Å². The van der Waals surface area contributed by atoms with Gasteiger partial charge in [-0.15, -0.1) is 0 Å². The molecule has 0 spiro atoms. The molecule has 2 rings (SSSR count). The SMILES string of the molecule is COc1ccc(OCCCOc2ccc(Cl)c(N)c2)cc1. The third kappa shape index (κ3) is 4.76. The zero-order valence-electron chi connectivity index (χ0n) is 11.8. The van der Waals surface area contributed by atoms with Gasteiger partial charge in [0.1, 0.15) is 17.2 Å². The van der Waals surface area contributed by atoms with Crippen molar-refractivity contribution in [3.8, 4) is 17.2 Å². The summed E-state index contributed by atoms with van der Waals surface area (Å²) in [6, 6.07) is 12.7. The average molecular weight is 308 g/mol. The van der Waals surface area contributed by atoms with Crippen LogP contribution in [0.5, 0.6) is 17.2 Å². The normalized spacial score (nSPS) is 10.2. The maximum atomic E-state index is 5.84. The van der Waals surface area contributed by atoms with Crippen LogP contribution in [0.2, 0.25) is 5.02 Å². The highest BCUT2D eigenvalue weighted by Crippen LogP contribution is 2.24. The van der Waals surface area contributed by atoms with Crippen LogP contribution in [-0.4, -0.2) is 20.3 Å². The van der Waals surface area contributed by atoms with Gasteiger partial charge in [0, 0.05) is 12.5 Å². The average Bonchev–Trinajstić information content (AvgIpc) is 2.51. The molecule has 0 aromatic heterocycles. The van der Waals surface area contributed by atoms with Crippen LogP contribution in [0.15, 0.2) is 42.5 Å². The Morgan fingerprint density at radius 3 is 2.10 bits per heavy atom. The number of nitrogens with two attached hydrogens (primary N) is 1. The smallest absolute Gasteiger partial charge is 0.121 e. The zero-order valence-corrected chi connectivity index (χ0v) is 12.6. The largest absolute Gasteiger partial charge is 0.497 e. The van der Waals surface area contributed by atoms with Crippen LogP contribution in [0, 0.1) is 0 Å². The lowest BCUT2D eigenvalue weighted by molar-refractivity contribution is 0.247. The molecular weight excluding hydrogens is 290 g/mol. The minimum Gasteiger partial charge on any atom is -0.497 e. The first-order chi connectivity index (χ1) is 10.2. The molecule has 0 fully saturated rings. The van der Waals surface area contributed by atoms with Gasteiger partial charge in [0.15, 0.2) is 0 Å². The molecule has 0 heterocycles. The number of nitrogen functional groups attached to an aromatic ring is 1. The third-order valence-electron chi connectivity index (χ3n) is 2.85. The number of rotatable bonds is 7. The molecule has 112 valence electrons. The van der Waals surface area contributed by atoms with Crippen molar-refractivity contribution in [2.45, 2.75) is 6.42 Å². The summed E-state index contributed by atoms with van der Waals surface area (Å²) in [7, 11) is 1.64. The lowest BCUT2D eigenvalue weighted by Gasteiger charge is -2.09. The summed E-state index contributed by atoms with van der Waals surface area (Å²) < 4.78 is 16.3. The van der Waals surface area contributed by atoms with E-state index < -0.39 is 0 Å². The van der Waals surface area contributed by atoms with E-state index in [-0.39, 0.29) is 0 Å². The summed E-state index contributed by atoms with van der Waals surface area (Å²) in [5, 5.41) is 0.533. The summed E-state index contributed by atoms with van der Waals surface area (Å²) in [5.41, 5.74) is 6.22. The van der Waals surface area contributed by atoms with Crippen molar-refractivity contribution in [3.05, 3.63) is 47.5 Å². The Labute approximate surface area is 129 Å². The minimum absolute atomic E-state index is 0.517. The van der Waals surface area contributed by atoms with Gasteiger partial charge < -0.3 is 19.9 Å². The summed E-state index contributed by atoms with van der Waals surface area (Å²) in [5.74, 6) is 2.33. The van der Waals surface area contributed by atoms with Crippen molar-refractivity contribution in [1.29, 1.82) is 0 Å². The number of halogens is 1. The Bertz CT molecular complexity index is 572. The van der Waals surface area contributed by atoms with Crippen molar-refractivity contribution >= 4 is 17.3 Å². The molecule has 0 amide bonds. The van der Waals surface area contributed by atoms with E-state index in [0.29, 0.717) is 29.7 Å². The quantitative estimate of drug-likeness (QED) is 0.625. The van der Waals surface area contributed by atoms with Crippen LogP contribution in [0.4, 0.5) is 5.69 Å². The van der Waals surface area contributed by atoms with Crippen LogP contribution < -0.4 is 19.9 Å². The fourth-order valence-electron chi connectivity index (χ4n) is 1.72. The molecule has 4 nitrogen and oxygen atoms in total. The fourth-order valence-corrected chi connectivity index (χ4v) is 1.84. The van der Waals surface area contributed by atoms with Gasteiger partial charge in [-0.2, -0.15) is 0 Å². The van der Waals surface area contributed by atoms with Gasteiger partial charge in [0.2, 0.25) is 0 Å². The predicted octanol–water partition coefficient (Wildman–Crippen LogP) is 3.78. The van der Waals surface area contributed by atoms with Crippen molar-refractivity contribution in [2.75, 3.05) is 26.1 Å². The number of hydrogen-bond acceptors (Lipinski definition) is 4. The number of anilines is 1. The lowest BCUT2D eigenvalue weighted by atomic mass is 10.3. The highest BCUT2D eigenvalue weighted by molar-refractivity contribution is 6.33.